The molecule has 10 heteroatoms. The van der Waals surface area contributed by atoms with E-state index in [1.165, 1.54) is 13.2 Å². The van der Waals surface area contributed by atoms with Crippen LogP contribution in [0.4, 0.5) is 5.69 Å². The van der Waals surface area contributed by atoms with Gasteiger partial charge in [-0.25, -0.2) is 4.79 Å². The summed E-state index contributed by atoms with van der Waals surface area (Å²) >= 11 is 7.02. The Morgan fingerprint density at radius 2 is 2.03 bits per heavy atom. The van der Waals surface area contributed by atoms with Gasteiger partial charge >= 0.3 is 5.97 Å². The van der Waals surface area contributed by atoms with Crippen molar-refractivity contribution >= 4 is 40.9 Å². The Hall–Kier alpha value is -3.04. The number of rotatable bonds is 8. The van der Waals surface area contributed by atoms with Crippen LogP contribution in [0.2, 0.25) is 5.02 Å². The smallest absolute Gasteiger partial charge is 0.337 e. The Kier molecular flexibility index (Phi) is 7.31. The normalized spacial score (nSPS) is 10.5. The maximum Gasteiger partial charge on any atom is 0.337 e. The molecule has 0 aliphatic carbocycles. The van der Waals surface area contributed by atoms with E-state index in [1.807, 2.05) is 6.92 Å². The monoisotopic (exact) mass is 447 g/mol. The first-order valence-corrected chi connectivity index (χ1v) is 10.1. The van der Waals surface area contributed by atoms with Crippen molar-refractivity contribution in [2.24, 2.45) is 0 Å². The van der Waals surface area contributed by atoms with Crippen LogP contribution in [0.1, 0.15) is 21.8 Å². The van der Waals surface area contributed by atoms with E-state index < -0.39 is 5.97 Å². The number of methoxy groups -OCH3 is 1. The number of benzene rings is 2. The molecular formula is C20H18ClN3O5S. The number of anilines is 1. The van der Waals surface area contributed by atoms with Crippen molar-refractivity contribution < 1.29 is 23.5 Å². The van der Waals surface area contributed by atoms with Gasteiger partial charge in [0, 0.05) is 10.7 Å². The van der Waals surface area contributed by atoms with Crippen LogP contribution >= 0.6 is 23.4 Å². The van der Waals surface area contributed by atoms with Crippen molar-refractivity contribution in [1.29, 1.82) is 0 Å². The van der Waals surface area contributed by atoms with Gasteiger partial charge in [-0.3, -0.25) is 4.79 Å². The average Bonchev–Trinajstić information content (AvgIpc) is 3.19. The summed E-state index contributed by atoms with van der Waals surface area (Å²) in [4.78, 5) is 23.7. The number of halogens is 1. The average molecular weight is 448 g/mol. The minimum atomic E-state index is -0.477. The first kappa shape index (κ1) is 21.7. The van der Waals surface area contributed by atoms with Gasteiger partial charge in [-0.15, -0.1) is 10.2 Å². The van der Waals surface area contributed by atoms with E-state index in [4.69, 9.17) is 20.8 Å². The number of thioether (sulfide) groups is 1. The highest BCUT2D eigenvalue weighted by molar-refractivity contribution is 7.99. The van der Waals surface area contributed by atoms with Crippen molar-refractivity contribution in [3.05, 3.63) is 64.5 Å². The third-order valence-corrected chi connectivity index (χ3v) is 4.88. The predicted molar refractivity (Wildman–Crippen MR) is 112 cm³/mol. The number of hydrogen-bond acceptors (Lipinski definition) is 8. The van der Waals surface area contributed by atoms with Crippen LogP contribution in [0.5, 0.6) is 5.75 Å². The molecule has 0 saturated heterocycles. The molecule has 0 bridgehead atoms. The lowest BCUT2D eigenvalue weighted by Crippen LogP contribution is -2.14. The zero-order chi connectivity index (χ0) is 21.5. The van der Waals surface area contributed by atoms with E-state index in [1.54, 1.807) is 36.4 Å². The maximum atomic E-state index is 12.1. The fraction of sp³-hybridized carbons (Fsp3) is 0.200. The zero-order valence-corrected chi connectivity index (χ0v) is 17.7. The molecule has 3 rings (SSSR count). The van der Waals surface area contributed by atoms with Gasteiger partial charge in [0.2, 0.25) is 5.91 Å². The standard InChI is InChI=1S/C20H18ClN3O5S/c1-12-8-14(21)6-7-16(12)28-10-18-23-24-20(29-18)30-11-17(25)22-15-5-3-4-13(9-15)19(26)27-2/h3-9H,10-11H2,1-2H3,(H,22,25). The molecule has 0 spiro atoms. The first-order chi connectivity index (χ1) is 14.4. The van der Waals surface area contributed by atoms with Gasteiger partial charge in [0.15, 0.2) is 6.61 Å². The van der Waals surface area contributed by atoms with E-state index in [-0.39, 0.29) is 29.4 Å². The molecule has 30 heavy (non-hydrogen) atoms. The van der Waals surface area contributed by atoms with Gasteiger partial charge in [-0.05, 0) is 48.9 Å². The summed E-state index contributed by atoms with van der Waals surface area (Å²) < 4.78 is 15.8. The molecule has 156 valence electrons. The van der Waals surface area contributed by atoms with Crippen molar-refractivity contribution in [3.63, 3.8) is 0 Å². The minimum Gasteiger partial charge on any atom is -0.484 e. The van der Waals surface area contributed by atoms with Gasteiger partial charge in [0.1, 0.15) is 5.75 Å². The molecule has 1 amide bonds. The number of ether oxygens (including phenoxy) is 2. The van der Waals surface area contributed by atoms with Crippen molar-refractivity contribution in [1.82, 2.24) is 10.2 Å². The van der Waals surface area contributed by atoms with Gasteiger partial charge in [0.25, 0.3) is 11.1 Å². The Balaban J connectivity index is 1.49. The molecule has 0 aliphatic heterocycles. The lowest BCUT2D eigenvalue weighted by atomic mass is 10.2. The van der Waals surface area contributed by atoms with Gasteiger partial charge in [-0.1, -0.05) is 29.4 Å². The number of esters is 1. The molecule has 3 aromatic rings. The summed E-state index contributed by atoms with van der Waals surface area (Å²) in [5.41, 5.74) is 1.73. The fourth-order valence-corrected chi connectivity index (χ4v) is 3.24. The van der Waals surface area contributed by atoms with Gasteiger partial charge in [0.05, 0.1) is 18.4 Å². The van der Waals surface area contributed by atoms with Crippen LogP contribution in [0.3, 0.4) is 0 Å². The number of amides is 1. The summed E-state index contributed by atoms with van der Waals surface area (Å²) in [7, 11) is 1.30. The maximum absolute atomic E-state index is 12.1. The highest BCUT2D eigenvalue weighted by atomic mass is 35.5. The van der Waals surface area contributed by atoms with Crippen LogP contribution in [0, 0.1) is 6.92 Å². The molecule has 1 heterocycles. The molecule has 1 N–H and O–H groups in total. The number of carbonyl (C=O) groups excluding carboxylic acids is 2. The summed E-state index contributed by atoms with van der Waals surface area (Å²) in [6, 6.07) is 11.8. The molecular weight excluding hydrogens is 430 g/mol. The molecule has 0 radical (unpaired) electrons. The molecule has 0 fully saturated rings. The summed E-state index contributed by atoms with van der Waals surface area (Å²) in [6.45, 7) is 1.98. The van der Waals surface area contributed by atoms with Crippen molar-refractivity contribution in [2.75, 3.05) is 18.2 Å². The Bertz CT molecular complexity index is 1060. The molecule has 0 unspecified atom stereocenters. The Morgan fingerprint density at radius 3 is 2.80 bits per heavy atom. The number of carbonyl (C=O) groups is 2. The molecule has 8 nitrogen and oxygen atoms in total. The highest BCUT2D eigenvalue weighted by Gasteiger charge is 2.12. The molecule has 2 aromatic carbocycles. The lowest BCUT2D eigenvalue weighted by molar-refractivity contribution is -0.113. The topological polar surface area (TPSA) is 104 Å². The number of hydrogen-bond donors (Lipinski definition) is 1. The van der Waals surface area contributed by atoms with Crippen LogP contribution in [-0.4, -0.2) is 34.9 Å². The number of aromatic nitrogens is 2. The summed E-state index contributed by atoms with van der Waals surface area (Å²) in [5, 5.41) is 11.4. The lowest BCUT2D eigenvalue weighted by Gasteiger charge is -2.06. The zero-order valence-electron chi connectivity index (χ0n) is 16.2. The largest absolute Gasteiger partial charge is 0.484 e. The second kappa shape index (κ2) is 10.1. The summed E-state index contributed by atoms with van der Waals surface area (Å²) in [5.74, 6) is 0.254. The molecule has 0 aliphatic rings. The van der Waals surface area contributed by atoms with Crippen LogP contribution in [-0.2, 0) is 16.1 Å². The Labute approximate surface area is 181 Å². The Morgan fingerprint density at radius 1 is 1.20 bits per heavy atom. The van der Waals surface area contributed by atoms with Crippen LogP contribution < -0.4 is 10.1 Å². The van der Waals surface area contributed by atoms with Gasteiger partial charge < -0.3 is 19.2 Å². The second-order valence-corrected chi connectivity index (χ2v) is 7.43. The molecule has 0 saturated carbocycles. The molecule has 1 aromatic heterocycles. The SMILES string of the molecule is COC(=O)c1cccc(NC(=O)CSc2nnc(COc3ccc(Cl)cc3C)o2)c1. The van der Waals surface area contributed by atoms with E-state index in [0.29, 0.717) is 22.0 Å². The van der Waals surface area contributed by atoms with E-state index in [2.05, 4.69) is 20.3 Å². The third kappa shape index (κ3) is 5.98. The number of aryl methyl sites for hydroxylation is 1. The van der Waals surface area contributed by atoms with Gasteiger partial charge in [-0.2, -0.15) is 0 Å². The minimum absolute atomic E-state index is 0.0568. The van der Waals surface area contributed by atoms with E-state index >= 15 is 0 Å². The van der Waals surface area contributed by atoms with Crippen LogP contribution in [0.15, 0.2) is 52.1 Å². The number of nitrogens with zero attached hydrogens (tertiary/aromatic N) is 2. The highest BCUT2D eigenvalue weighted by Crippen LogP contribution is 2.23. The van der Waals surface area contributed by atoms with Crippen molar-refractivity contribution in [2.45, 2.75) is 18.8 Å². The fourth-order valence-electron chi connectivity index (χ4n) is 2.44. The molecule has 0 atom stereocenters. The quantitative estimate of drug-likeness (QED) is 0.406. The first-order valence-electron chi connectivity index (χ1n) is 8.77. The third-order valence-electron chi connectivity index (χ3n) is 3.83. The van der Waals surface area contributed by atoms with Crippen LogP contribution in [0.25, 0.3) is 0 Å². The van der Waals surface area contributed by atoms with Crippen molar-refractivity contribution in [3.8, 4) is 5.75 Å². The van der Waals surface area contributed by atoms with E-state index in [9.17, 15) is 9.59 Å². The predicted octanol–water partition coefficient (Wildman–Crippen LogP) is 4.13. The van der Waals surface area contributed by atoms with E-state index in [0.717, 1.165) is 17.3 Å². The summed E-state index contributed by atoms with van der Waals surface area (Å²) in [6.07, 6.45) is 0. The number of nitrogens with one attached hydrogen (secondary N) is 1. The second-order valence-electron chi connectivity index (χ2n) is 6.07.